The second-order valence-electron chi connectivity index (χ2n) is 10.1. The van der Waals surface area contributed by atoms with Crippen LogP contribution < -0.4 is 10.9 Å². The van der Waals surface area contributed by atoms with Crippen LogP contribution in [0.4, 0.5) is 0 Å². The smallest absolute Gasteiger partial charge is 0.309 e. The van der Waals surface area contributed by atoms with E-state index in [0.717, 1.165) is 0 Å². The molecule has 2 aromatic rings. The Kier molecular flexibility index (Phi) is 9.90. The number of aliphatic carboxylic acids is 2. The van der Waals surface area contributed by atoms with Crippen LogP contribution in [0.1, 0.15) is 72.9 Å². The first kappa shape index (κ1) is 29.6. The SMILES string of the molecule is CC(C)(CCCc1cc(=O)cc(C=Cc2cc(=O)cc(CCCC(C)(C)C(=O)O)[s+]2[O-])[s+]1[O-])C(=O)O. The van der Waals surface area contributed by atoms with Crippen LogP contribution >= 0.6 is 21.5 Å². The summed E-state index contributed by atoms with van der Waals surface area (Å²) in [5.74, 6) is -1.86. The Bertz CT molecular complexity index is 1170. The Morgan fingerprint density at radius 1 is 0.750 bits per heavy atom. The highest BCUT2D eigenvalue weighted by Crippen LogP contribution is 2.32. The highest BCUT2D eigenvalue weighted by Gasteiger charge is 2.28. The van der Waals surface area contributed by atoms with Crippen LogP contribution in [0.15, 0.2) is 33.9 Å². The molecular weight excluding hydrogens is 504 g/mol. The summed E-state index contributed by atoms with van der Waals surface area (Å²) in [4.78, 5) is 48.1. The summed E-state index contributed by atoms with van der Waals surface area (Å²) in [7, 11) is -3.28. The molecule has 196 valence electrons. The van der Waals surface area contributed by atoms with Crippen LogP contribution in [0.2, 0.25) is 0 Å². The van der Waals surface area contributed by atoms with E-state index >= 15 is 0 Å². The van der Waals surface area contributed by atoms with Crippen LogP contribution in [-0.2, 0) is 22.4 Å². The van der Waals surface area contributed by atoms with Crippen molar-refractivity contribution in [3.63, 3.8) is 0 Å². The lowest BCUT2D eigenvalue weighted by Crippen LogP contribution is -2.23. The van der Waals surface area contributed by atoms with Crippen molar-refractivity contribution in [1.29, 1.82) is 0 Å². The van der Waals surface area contributed by atoms with E-state index in [0.29, 0.717) is 48.3 Å². The first-order valence-electron chi connectivity index (χ1n) is 11.5. The molecule has 2 aromatic heterocycles. The van der Waals surface area contributed by atoms with Crippen molar-refractivity contribution in [2.24, 2.45) is 10.8 Å². The van der Waals surface area contributed by atoms with Gasteiger partial charge in [-0.25, -0.2) is 0 Å². The van der Waals surface area contributed by atoms with Crippen LogP contribution in [0.3, 0.4) is 0 Å². The van der Waals surface area contributed by atoms with Crippen molar-refractivity contribution in [2.45, 2.75) is 66.2 Å². The van der Waals surface area contributed by atoms with Gasteiger partial charge in [0.1, 0.15) is 0 Å². The predicted molar refractivity (Wildman–Crippen MR) is 140 cm³/mol. The molecule has 0 amide bonds. The number of hydrogen-bond donors (Lipinski definition) is 2. The molecule has 0 fully saturated rings. The van der Waals surface area contributed by atoms with Gasteiger partial charge in [-0.15, -0.1) is 0 Å². The van der Waals surface area contributed by atoms with Crippen molar-refractivity contribution >= 4 is 45.6 Å². The van der Waals surface area contributed by atoms with Crippen LogP contribution in [0.5, 0.6) is 0 Å². The average molecular weight is 537 g/mol. The lowest BCUT2D eigenvalue weighted by Gasteiger charge is -2.18. The maximum Gasteiger partial charge on any atom is 0.309 e. The molecule has 0 saturated carbocycles. The Hall–Kier alpha value is -2.66. The molecule has 10 heteroatoms. The average Bonchev–Trinajstić information content (AvgIpc) is 2.76. The van der Waals surface area contributed by atoms with Gasteiger partial charge in [0.15, 0.2) is 30.4 Å². The zero-order valence-electron chi connectivity index (χ0n) is 20.9. The number of carboxylic acids is 2. The number of aryl methyl sites for hydroxylation is 2. The first-order valence-corrected chi connectivity index (χ1v) is 13.8. The minimum Gasteiger partial charge on any atom is -0.590 e. The molecule has 2 heterocycles. The topological polar surface area (TPSA) is 155 Å². The summed E-state index contributed by atoms with van der Waals surface area (Å²) < 4.78 is 25.9. The van der Waals surface area contributed by atoms with Gasteiger partial charge in [-0.1, -0.05) is 0 Å². The van der Waals surface area contributed by atoms with E-state index in [2.05, 4.69) is 0 Å². The molecule has 0 aliphatic heterocycles. The maximum atomic E-state index is 13.0. The summed E-state index contributed by atoms with van der Waals surface area (Å²) in [5, 5.41) is 18.5. The fourth-order valence-electron chi connectivity index (χ4n) is 3.53. The Morgan fingerprint density at radius 3 is 1.39 bits per heavy atom. The lowest BCUT2D eigenvalue weighted by molar-refractivity contribution is -0.148. The monoisotopic (exact) mass is 536 g/mol. The first-order chi connectivity index (χ1) is 16.6. The van der Waals surface area contributed by atoms with Gasteiger partial charge in [0, 0.05) is 49.3 Å². The quantitative estimate of drug-likeness (QED) is 0.363. The zero-order chi connectivity index (χ0) is 27.3. The van der Waals surface area contributed by atoms with E-state index in [4.69, 9.17) is 0 Å². The molecule has 0 radical (unpaired) electrons. The second-order valence-corrected chi connectivity index (χ2v) is 13.1. The molecule has 36 heavy (non-hydrogen) atoms. The van der Waals surface area contributed by atoms with Gasteiger partial charge in [0.05, 0.1) is 10.8 Å². The minimum absolute atomic E-state index is 0.208. The number of rotatable bonds is 12. The van der Waals surface area contributed by atoms with E-state index < -0.39 is 44.3 Å². The largest absolute Gasteiger partial charge is 0.590 e. The predicted octanol–water partition coefficient (Wildman–Crippen LogP) is 4.90. The van der Waals surface area contributed by atoms with Crippen molar-refractivity contribution in [2.75, 3.05) is 0 Å². The van der Waals surface area contributed by atoms with Crippen molar-refractivity contribution in [3.8, 4) is 0 Å². The van der Waals surface area contributed by atoms with Crippen LogP contribution in [0.25, 0.3) is 12.2 Å². The fraction of sp³-hybridized carbons (Fsp3) is 0.462. The molecule has 2 unspecified atom stereocenters. The van der Waals surface area contributed by atoms with Crippen LogP contribution in [-0.4, -0.2) is 31.3 Å². The third kappa shape index (κ3) is 7.92. The summed E-state index contributed by atoms with van der Waals surface area (Å²) in [5.41, 5.74) is -2.56. The maximum absolute atomic E-state index is 13.0. The number of carboxylic acid groups (broad SMARTS) is 2. The molecule has 2 N–H and O–H groups in total. The Labute approximate surface area is 215 Å². The third-order valence-corrected chi connectivity index (χ3v) is 9.06. The zero-order valence-corrected chi connectivity index (χ0v) is 22.5. The van der Waals surface area contributed by atoms with Gasteiger partial charge >= 0.3 is 11.9 Å². The minimum atomic E-state index is -1.64. The number of carbonyl (C=O) groups is 2. The Balaban J connectivity index is 2.23. The normalized spacial score (nSPS) is 13.3. The van der Waals surface area contributed by atoms with E-state index in [-0.39, 0.29) is 20.6 Å². The van der Waals surface area contributed by atoms with Crippen LogP contribution in [0, 0.1) is 10.8 Å². The van der Waals surface area contributed by atoms with Gasteiger partial charge in [0.25, 0.3) is 0 Å². The third-order valence-electron chi connectivity index (χ3n) is 6.10. The van der Waals surface area contributed by atoms with Crippen molar-refractivity contribution in [1.82, 2.24) is 0 Å². The van der Waals surface area contributed by atoms with E-state index in [1.54, 1.807) is 27.7 Å². The standard InChI is InChI=1S/C26H32O8S2/c1-25(2,23(29)30)11-5-7-19-13-17(27)15-21(35(19)33)9-10-22-16-18(28)14-20(36(22)34)8-6-12-26(3,4)24(31)32/h9-10,13-16H,5-8,11-12H2,1-4H3,(H,29,30)(H,31,32). The summed E-state index contributed by atoms with van der Waals surface area (Å²) in [6.45, 7) is 6.43. The van der Waals surface area contributed by atoms with E-state index in [1.807, 2.05) is 0 Å². The van der Waals surface area contributed by atoms with Gasteiger partial charge in [-0.2, -0.15) is 0 Å². The molecule has 0 spiro atoms. The summed E-state index contributed by atoms with van der Waals surface area (Å²) >= 11 is 0. The molecular formula is C26H32O8S2. The molecule has 8 nitrogen and oxygen atoms in total. The molecule has 2 atom stereocenters. The lowest BCUT2D eigenvalue weighted by atomic mass is 9.87. The molecule has 0 aromatic carbocycles. The van der Waals surface area contributed by atoms with E-state index in [9.17, 15) is 38.5 Å². The molecule has 0 aliphatic rings. The highest BCUT2D eigenvalue weighted by atomic mass is 32.2. The van der Waals surface area contributed by atoms with Gasteiger partial charge < -0.3 is 19.3 Å². The molecule has 0 saturated heterocycles. The number of hydrogen-bond acceptors (Lipinski definition) is 6. The second kappa shape index (κ2) is 12.1. The van der Waals surface area contributed by atoms with Gasteiger partial charge in [-0.05, 0) is 74.9 Å². The highest BCUT2D eigenvalue weighted by molar-refractivity contribution is 7.26. The van der Waals surface area contributed by atoms with Gasteiger partial charge in [0.2, 0.25) is 0 Å². The Morgan fingerprint density at radius 2 is 1.08 bits per heavy atom. The van der Waals surface area contributed by atoms with Gasteiger partial charge in [-0.3, -0.25) is 19.2 Å². The molecule has 0 aliphatic carbocycles. The fourth-order valence-corrected chi connectivity index (χ4v) is 6.08. The van der Waals surface area contributed by atoms with Crippen molar-refractivity contribution in [3.05, 3.63) is 64.2 Å². The molecule has 2 rings (SSSR count). The summed E-state index contributed by atoms with van der Waals surface area (Å²) in [6, 6.07) is 5.02. The molecule has 0 bridgehead atoms. The summed E-state index contributed by atoms with van der Waals surface area (Å²) in [6.07, 6.45) is 5.01. The van der Waals surface area contributed by atoms with Crippen molar-refractivity contribution < 1.29 is 28.9 Å². The van der Waals surface area contributed by atoms with E-state index in [1.165, 1.54) is 36.4 Å².